The molecule has 0 aliphatic carbocycles. The van der Waals surface area contributed by atoms with Crippen LogP contribution in [-0.2, 0) is 6.54 Å². The molecule has 1 aliphatic rings. The predicted molar refractivity (Wildman–Crippen MR) is 91.5 cm³/mol. The van der Waals surface area contributed by atoms with Crippen molar-refractivity contribution in [2.24, 2.45) is 0 Å². The molecule has 0 radical (unpaired) electrons. The molecule has 126 valence electrons. The molecule has 1 aliphatic heterocycles. The highest BCUT2D eigenvalue weighted by Crippen LogP contribution is 2.16. The summed E-state index contributed by atoms with van der Waals surface area (Å²) in [5.41, 5.74) is 2.36. The fraction of sp³-hybridized carbons (Fsp3) is 0.333. The van der Waals surface area contributed by atoms with E-state index in [4.69, 9.17) is 0 Å². The molecule has 6 heteroatoms. The van der Waals surface area contributed by atoms with Crippen LogP contribution in [0, 0.1) is 5.82 Å². The van der Waals surface area contributed by atoms with Gasteiger partial charge < -0.3 is 15.1 Å². The van der Waals surface area contributed by atoms with Crippen molar-refractivity contribution >= 4 is 11.6 Å². The van der Waals surface area contributed by atoms with Gasteiger partial charge in [0.1, 0.15) is 5.82 Å². The van der Waals surface area contributed by atoms with Crippen molar-refractivity contribution in [3.05, 3.63) is 59.7 Å². The van der Waals surface area contributed by atoms with Crippen LogP contribution in [0.15, 0.2) is 42.7 Å². The maximum Gasteiger partial charge on any atom is 0.253 e. The van der Waals surface area contributed by atoms with Gasteiger partial charge in [-0.25, -0.2) is 4.39 Å². The van der Waals surface area contributed by atoms with E-state index in [0.29, 0.717) is 12.1 Å². The van der Waals surface area contributed by atoms with Crippen molar-refractivity contribution in [2.45, 2.75) is 6.54 Å². The summed E-state index contributed by atoms with van der Waals surface area (Å²) in [6, 6.07) is 7.97. The van der Waals surface area contributed by atoms with Gasteiger partial charge in [0.15, 0.2) is 0 Å². The number of carbonyl (C=O) groups excluding carboxylic acids is 1. The zero-order chi connectivity index (χ0) is 16.9. The van der Waals surface area contributed by atoms with Crippen molar-refractivity contribution in [1.82, 2.24) is 15.2 Å². The lowest BCUT2D eigenvalue weighted by Crippen LogP contribution is -2.44. The van der Waals surface area contributed by atoms with E-state index in [1.54, 1.807) is 24.5 Å². The number of likely N-dealkylation sites (N-methyl/N-ethyl adjacent to an activating group) is 1. The van der Waals surface area contributed by atoms with Crippen LogP contribution in [-0.4, -0.2) is 49.0 Å². The molecule has 0 unspecified atom stereocenters. The molecular weight excluding hydrogens is 307 g/mol. The largest absolute Gasteiger partial charge is 0.368 e. The molecule has 24 heavy (non-hydrogen) atoms. The second-order valence-corrected chi connectivity index (χ2v) is 6.03. The topological polar surface area (TPSA) is 48.5 Å². The van der Waals surface area contributed by atoms with Crippen LogP contribution in [0.5, 0.6) is 0 Å². The number of carbonyl (C=O) groups is 1. The summed E-state index contributed by atoms with van der Waals surface area (Å²) >= 11 is 0. The second kappa shape index (κ2) is 7.40. The summed E-state index contributed by atoms with van der Waals surface area (Å²) < 4.78 is 12.9. The van der Waals surface area contributed by atoms with E-state index in [-0.39, 0.29) is 11.7 Å². The van der Waals surface area contributed by atoms with Gasteiger partial charge in [0.05, 0.1) is 17.4 Å². The Morgan fingerprint density at radius 2 is 1.88 bits per heavy atom. The fourth-order valence-electron chi connectivity index (χ4n) is 2.68. The number of amides is 1. The zero-order valence-electron chi connectivity index (χ0n) is 13.7. The first-order valence-corrected chi connectivity index (χ1v) is 8.03. The first-order valence-electron chi connectivity index (χ1n) is 8.03. The van der Waals surface area contributed by atoms with Crippen molar-refractivity contribution in [1.29, 1.82) is 0 Å². The number of aromatic nitrogens is 1. The van der Waals surface area contributed by atoms with Gasteiger partial charge in [0.25, 0.3) is 5.91 Å². The number of pyridine rings is 1. The average molecular weight is 328 g/mol. The smallest absolute Gasteiger partial charge is 0.253 e. The van der Waals surface area contributed by atoms with Crippen LogP contribution in [0.2, 0.25) is 0 Å². The first kappa shape index (κ1) is 16.4. The normalized spacial score (nSPS) is 15.3. The van der Waals surface area contributed by atoms with E-state index in [2.05, 4.69) is 27.1 Å². The summed E-state index contributed by atoms with van der Waals surface area (Å²) in [5.74, 6) is -0.461. The average Bonchev–Trinajstić information content (AvgIpc) is 2.62. The van der Waals surface area contributed by atoms with E-state index in [0.717, 1.165) is 37.4 Å². The molecular formula is C18H21FN4O. The predicted octanol–water partition coefficient (Wildman–Crippen LogP) is 1.90. The van der Waals surface area contributed by atoms with Crippen molar-refractivity contribution in [3.63, 3.8) is 0 Å². The number of nitrogens with zero attached hydrogens (tertiary/aromatic N) is 3. The summed E-state index contributed by atoms with van der Waals surface area (Å²) in [6.07, 6.45) is 3.36. The number of halogens is 1. The molecule has 2 heterocycles. The van der Waals surface area contributed by atoms with E-state index in [1.165, 1.54) is 12.1 Å². The minimum atomic E-state index is -0.283. The van der Waals surface area contributed by atoms with Gasteiger partial charge in [-0.15, -0.1) is 0 Å². The lowest BCUT2D eigenvalue weighted by molar-refractivity contribution is 0.0950. The number of rotatable bonds is 4. The Kier molecular flexibility index (Phi) is 5.05. The molecule has 1 aromatic carbocycles. The molecule has 0 spiro atoms. The third-order valence-corrected chi connectivity index (χ3v) is 4.22. The standard InChI is InChI=1S/C18H21FN4O/c1-22-6-8-23(9-7-22)17-10-15(12-20-13-17)18(24)21-11-14-2-4-16(19)5-3-14/h2-5,10,12-13H,6-9,11H2,1H3,(H,21,24). The first-order chi connectivity index (χ1) is 11.6. The summed E-state index contributed by atoms with van der Waals surface area (Å²) in [4.78, 5) is 21.0. The zero-order valence-corrected chi connectivity index (χ0v) is 13.7. The SMILES string of the molecule is CN1CCN(c2cncc(C(=O)NCc3ccc(F)cc3)c2)CC1. The maximum atomic E-state index is 12.9. The third-order valence-electron chi connectivity index (χ3n) is 4.22. The number of nitrogens with one attached hydrogen (secondary N) is 1. The van der Waals surface area contributed by atoms with E-state index < -0.39 is 0 Å². The monoisotopic (exact) mass is 328 g/mol. The Bertz CT molecular complexity index is 696. The number of hydrogen-bond donors (Lipinski definition) is 1. The molecule has 1 saturated heterocycles. The highest BCUT2D eigenvalue weighted by Gasteiger charge is 2.16. The summed E-state index contributed by atoms with van der Waals surface area (Å²) in [5, 5.41) is 2.84. The molecule has 1 fully saturated rings. The van der Waals surface area contributed by atoms with Gasteiger partial charge in [-0.2, -0.15) is 0 Å². The van der Waals surface area contributed by atoms with Crippen LogP contribution in [0.25, 0.3) is 0 Å². The number of anilines is 1. The molecule has 3 rings (SSSR count). The van der Waals surface area contributed by atoms with E-state index in [1.807, 2.05) is 6.07 Å². The minimum Gasteiger partial charge on any atom is -0.368 e. The van der Waals surface area contributed by atoms with Crippen molar-refractivity contribution < 1.29 is 9.18 Å². The van der Waals surface area contributed by atoms with Gasteiger partial charge in [0.2, 0.25) is 0 Å². The molecule has 5 nitrogen and oxygen atoms in total. The van der Waals surface area contributed by atoms with Gasteiger partial charge >= 0.3 is 0 Å². The second-order valence-electron chi connectivity index (χ2n) is 6.03. The van der Waals surface area contributed by atoms with Gasteiger partial charge in [-0.05, 0) is 30.8 Å². The highest BCUT2D eigenvalue weighted by molar-refractivity contribution is 5.94. The van der Waals surface area contributed by atoms with Crippen LogP contribution in [0.4, 0.5) is 10.1 Å². The van der Waals surface area contributed by atoms with E-state index in [9.17, 15) is 9.18 Å². The van der Waals surface area contributed by atoms with Gasteiger partial charge in [-0.1, -0.05) is 12.1 Å². The Hall–Kier alpha value is -2.47. The Balaban J connectivity index is 1.62. The lowest BCUT2D eigenvalue weighted by atomic mass is 10.2. The third kappa shape index (κ3) is 4.08. The maximum absolute atomic E-state index is 12.9. The Morgan fingerprint density at radius 1 is 1.17 bits per heavy atom. The van der Waals surface area contributed by atoms with E-state index >= 15 is 0 Å². The Labute approximate surface area is 141 Å². The molecule has 1 aromatic heterocycles. The van der Waals surface area contributed by atoms with Crippen LogP contribution in [0.3, 0.4) is 0 Å². The summed E-state index contributed by atoms with van der Waals surface area (Å²) in [6.45, 7) is 4.22. The molecule has 0 saturated carbocycles. The van der Waals surface area contributed by atoms with Crippen LogP contribution >= 0.6 is 0 Å². The van der Waals surface area contributed by atoms with Gasteiger partial charge in [-0.3, -0.25) is 9.78 Å². The summed E-state index contributed by atoms with van der Waals surface area (Å²) in [7, 11) is 2.11. The van der Waals surface area contributed by atoms with Gasteiger partial charge in [0, 0.05) is 38.9 Å². The number of hydrogen-bond acceptors (Lipinski definition) is 4. The highest BCUT2D eigenvalue weighted by atomic mass is 19.1. The van der Waals surface area contributed by atoms with Crippen molar-refractivity contribution in [2.75, 3.05) is 38.1 Å². The lowest BCUT2D eigenvalue weighted by Gasteiger charge is -2.33. The molecule has 0 atom stereocenters. The minimum absolute atomic E-state index is 0.178. The molecule has 1 amide bonds. The fourth-order valence-corrected chi connectivity index (χ4v) is 2.68. The molecule has 1 N–H and O–H groups in total. The molecule has 2 aromatic rings. The van der Waals surface area contributed by atoms with Crippen molar-refractivity contribution in [3.8, 4) is 0 Å². The molecule has 0 bridgehead atoms. The van der Waals surface area contributed by atoms with Crippen LogP contribution < -0.4 is 10.2 Å². The van der Waals surface area contributed by atoms with Crippen LogP contribution in [0.1, 0.15) is 15.9 Å². The number of benzene rings is 1. The Morgan fingerprint density at radius 3 is 2.58 bits per heavy atom. The quantitative estimate of drug-likeness (QED) is 0.931. The number of piperazine rings is 1.